The van der Waals surface area contributed by atoms with Gasteiger partial charge in [0.05, 0.1) is 12.8 Å². The van der Waals surface area contributed by atoms with Gasteiger partial charge in [0.1, 0.15) is 0 Å². The molecule has 3 rings (SSSR count). The molecule has 0 aliphatic rings. The van der Waals surface area contributed by atoms with Crippen LogP contribution >= 0.6 is 0 Å². The molecule has 0 fully saturated rings. The van der Waals surface area contributed by atoms with Crippen molar-refractivity contribution in [3.63, 3.8) is 0 Å². The molecule has 0 aliphatic carbocycles. The zero-order valence-electron chi connectivity index (χ0n) is 16.3. The van der Waals surface area contributed by atoms with Crippen LogP contribution in [0.4, 0.5) is 0 Å². The summed E-state index contributed by atoms with van der Waals surface area (Å²) in [7, 11) is 1.24. The van der Waals surface area contributed by atoms with Crippen molar-refractivity contribution in [3.8, 4) is 0 Å². The maximum atomic E-state index is 13.3. The lowest BCUT2D eigenvalue weighted by atomic mass is 10.1. The summed E-state index contributed by atoms with van der Waals surface area (Å²) in [6.07, 6.45) is 1.17. The van der Waals surface area contributed by atoms with Crippen LogP contribution in [0.25, 0.3) is 5.70 Å². The Morgan fingerprint density at radius 1 is 0.733 bits per heavy atom. The SMILES string of the molecule is COC(=O)/C=C(/c1ccccc1)N(NC(=O)c1ccccc1)C(=O)c1ccccc1. The number of hydrogen-bond acceptors (Lipinski definition) is 4. The number of rotatable bonds is 5. The molecule has 0 bridgehead atoms. The van der Waals surface area contributed by atoms with E-state index in [9.17, 15) is 14.4 Å². The van der Waals surface area contributed by atoms with Gasteiger partial charge in [-0.15, -0.1) is 0 Å². The number of esters is 1. The van der Waals surface area contributed by atoms with Crippen LogP contribution in [0.5, 0.6) is 0 Å². The fourth-order valence-corrected chi connectivity index (χ4v) is 2.74. The highest BCUT2D eigenvalue weighted by atomic mass is 16.5. The number of methoxy groups -OCH3 is 1. The second-order valence-electron chi connectivity index (χ2n) is 6.23. The summed E-state index contributed by atoms with van der Waals surface area (Å²) >= 11 is 0. The van der Waals surface area contributed by atoms with E-state index in [1.807, 2.05) is 6.07 Å². The molecule has 0 atom stereocenters. The predicted molar refractivity (Wildman–Crippen MR) is 113 cm³/mol. The first-order chi connectivity index (χ1) is 14.6. The van der Waals surface area contributed by atoms with Gasteiger partial charge in [0, 0.05) is 22.8 Å². The van der Waals surface area contributed by atoms with E-state index in [-0.39, 0.29) is 5.70 Å². The van der Waals surface area contributed by atoms with Crippen LogP contribution in [-0.4, -0.2) is 29.9 Å². The van der Waals surface area contributed by atoms with Crippen LogP contribution < -0.4 is 5.43 Å². The molecule has 0 heterocycles. The van der Waals surface area contributed by atoms with Crippen LogP contribution in [0.2, 0.25) is 0 Å². The molecule has 3 aromatic carbocycles. The van der Waals surface area contributed by atoms with Crippen molar-refractivity contribution in [2.75, 3.05) is 7.11 Å². The van der Waals surface area contributed by atoms with Gasteiger partial charge in [-0.05, 0) is 24.3 Å². The fraction of sp³-hybridized carbons (Fsp3) is 0.0417. The molecular formula is C24H20N2O4. The van der Waals surface area contributed by atoms with Gasteiger partial charge >= 0.3 is 5.97 Å². The maximum Gasteiger partial charge on any atom is 0.332 e. The van der Waals surface area contributed by atoms with Crippen molar-refractivity contribution >= 4 is 23.5 Å². The lowest BCUT2D eigenvalue weighted by Gasteiger charge is -2.26. The van der Waals surface area contributed by atoms with E-state index in [1.165, 1.54) is 13.2 Å². The quantitative estimate of drug-likeness (QED) is 0.403. The van der Waals surface area contributed by atoms with E-state index in [0.717, 1.165) is 5.01 Å². The number of amides is 2. The molecule has 6 heteroatoms. The largest absolute Gasteiger partial charge is 0.466 e. The summed E-state index contributed by atoms with van der Waals surface area (Å²) in [6.45, 7) is 0. The van der Waals surface area contributed by atoms with Crippen LogP contribution in [0, 0.1) is 0 Å². The van der Waals surface area contributed by atoms with Crippen LogP contribution in [0.15, 0.2) is 97.1 Å². The molecule has 1 N–H and O–H groups in total. The smallest absolute Gasteiger partial charge is 0.332 e. The van der Waals surface area contributed by atoms with Gasteiger partial charge in [-0.1, -0.05) is 66.7 Å². The number of nitrogens with zero attached hydrogens (tertiary/aromatic N) is 1. The van der Waals surface area contributed by atoms with Gasteiger partial charge < -0.3 is 4.74 Å². The van der Waals surface area contributed by atoms with Crippen LogP contribution in [-0.2, 0) is 9.53 Å². The minimum Gasteiger partial charge on any atom is -0.466 e. The molecule has 30 heavy (non-hydrogen) atoms. The number of ether oxygens (including phenoxy) is 1. The molecule has 0 radical (unpaired) electrons. The van der Waals surface area contributed by atoms with Crippen molar-refractivity contribution in [1.82, 2.24) is 10.4 Å². The van der Waals surface area contributed by atoms with E-state index in [0.29, 0.717) is 16.7 Å². The van der Waals surface area contributed by atoms with E-state index in [4.69, 9.17) is 4.74 Å². The van der Waals surface area contributed by atoms with E-state index in [1.54, 1.807) is 84.9 Å². The zero-order chi connectivity index (χ0) is 21.3. The maximum absolute atomic E-state index is 13.3. The third kappa shape index (κ3) is 4.99. The predicted octanol–water partition coefficient (Wildman–Crippen LogP) is 3.69. The van der Waals surface area contributed by atoms with Crippen LogP contribution in [0.3, 0.4) is 0 Å². The van der Waals surface area contributed by atoms with E-state index in [2.05, 4.69) is 5.43 Å². The third-order valence-electron chi connectivity index (χ3n) is 4.24. The van der Waals surface area contributed by atoms with Gasteiger partial charge in [-0.2, -0.15) is 0 Å². The molecule has 2 amide bonds. The van der Waals surface area contributed by atoms with Gasteiger partial charge in [-0.25, -0.2) is 9.80 Å². The first-order valence-electron chi connectivity index (χ1n) is 9.20. The Bertz CT molecular complexity index is 1050. The van der Waals surface area contributed by atoms with Crippen molar-refractivity contribution in [1.29, 1.82) is 0 Å². The number of hydrazine groups is 1. The van der Waals surface area contributed by atoms with Crippen molar-refractivity contribution < 1.29 is 19.1 Å². The minimum absolute atomic E-state index is 0.181. The monoisotopic (exact) mass is 400 g/mol. The Hall–Kier alpha value is -4.19. The van der Waals surface area contributed by atoms with Crippen molar-refractivity contribution in [2.24, 2.45) is 0 Å². The highest BCUT2D eigenvalue weighted by molar-refractivity contribution is 6.05. The summed E-state index contributed by atoms with van der Waals surface area (Å²) in [4.78, 5) is 38.2. The number of carbonyl (C=O) groups is 3. The van der Waals surface area contributed by atoms with Crippen LogP contribution in [0.1, 0.15) is 26.3 Å². The third-order valence-corrected chi connectivity index (χ3v) is 4.24. The highest BCUT2D eigenvalue weighted by Gasteiger charge is 2.25. The second kappa shape index (κ2) is 9.84. The average Bonchev–Trinajstić information content (AvgIpc) is 2.82. The average molecular weight is 400 g/mol. The molecule has 150 valence electrons. The second-order valence-corrected chi connectivity index (χ2v) is 6.23. The van der Waals surface area contributed by atoms with Gasteiger partial charge in [0.15, 0.2) is 0 Å². The molecule has 3 aromatic rings. The molecule has 6 nitrogen and oxygen atoms in total. The number of carbonyl (C=O) groups excluding carboxylic acids is 3. The number of hydrogen-bond donors (Lipinski definition) is 1. The Morgan fingerprint density at radius 3 is 1.70 bits per heavy atom. The molecule has 0 aromatic heterocycles. The minimum atomic E-state index is -0.659. The molecule has 0 saturated heterocycles. The van der Waals surface area contributed by atoms with Gasteiger partial charge in [-0.3, -0.25) is 15.0 Å². The molecular weight excluding hydrogens is 380 g/mol. The normalized spacial score (nSPS) is 10.8. The number of nitrogens with one attached hydrogen (secondary N) is 1. The fourth-order valence-electron chi connectivity index (χ4n) is 2.74. The molecule has 0 saturated carbocycles. The summed E-state index contributed by atoms with van der Waals surface area (Å²) in [5.41, 5.74) is 4.08. The summed E-state index contributed by atoms with van der Waals surface area (Å²) < 4.78 is 4.76. The first kappa shape index (κ1) is 20.5. The van der Waals surface area contributed by atoms with Gasteiger partial charge in [0.25, 0.3) is 11.8 Å². The molecule has 0 spiro atoms. The lowest BCUT2D eigenvalue weighted by Crippen LogP contribution is -2.45. The Labute approximate surface area is 174 Å². The summed E-state index contributed by atoms with van der Waals surface area (Å²) in [5, 5.41) is 1.07. The first-order valence-corrected chi connectivity index (χ1v) is 9.20. The highest BCUT2D eigenvalue weighted by Crippen LogP contribution is 2.21. The standard InChI is InChI=1S/C24H20N2O4/c1-30-22(27)17-21(18-11-5-2-6-12-18)26(24(29)20-15-9-4-10-16-20)25-23(28)19-13-7-3-8-14-19/h2-17H,1H3,(H,25,28)/b21-17-. The Balaban J connectivity index is 2.08. The van der Waals surface area contributed by atoms with E-state index >= 15 is 0 Å². The topological polar surface area (TPSA) is 75.7 Å². The van der Waals surface area contributed by atoms with E-state index < -0.39 is 17.8 Å². The van der Waals surface area contributed by atoms with Gasteiger partial charge in [0.2, 0.25) is 0 Å². The van der Waals surface area contributed by atoms with Crippen molar-refractivity contribution in [2.45, 2.75) is 0 Å². The Kier molecular flexibility index (Phi) is 6.74. The molecule has 0 unspecified atom stereocenters. The zero-order valence-corrected chi connectivity index (χ0v) is 16.3. The summed E-state index contributed by atoms with van der Waals surface area (Å²) in [5.74, 6) is -1.65. The van der Waals surface area contributed by atoms with Crippen molar-refractivity contribution in [3.05, 3.63) is 114 Å². The lowest BCUT2D eigenvalue weighted by molar-refractivity contribution is -0.134. The molecule has 0 aliphatic heterocycles. The number of benzene rings is 3. The Morgan fingerprint density at radius 2 is 1.20 bits per heavy atom. The summed E-state index contributed by atoms with van der Waals surface area (Å²) in [6, 6.07) is 25.8.